The first-order chi connectivity index (χ1) is 9.43. The van der Waals surface area contributed by atoms with Crippen LogP contribution in [-0.4, -0.2) is 35.2 Å². The van der Waals surface area contributed by atoms with Crippen molar-refractivity contribution in [2.75, 3.05) is 11.9 Å². The lowest BCUT2D eigenvalue weighted by Gasteiger charge is -2.10. The summed E-state index contributed by atoms with van der Waals surface area (Å²) in [5.74, 6) is -1.23. The van der Waals surface area contributed by atoms with Crippen LogP contribution in [0.1, 0.15) is 10.4 Å². The molecule has 0 spiro atoms. The van der Waals surface area contributed by atoms with E-state index in [1.807, 2.05) is 0 Å². The van der Waals surface area contributed by atoms with Gasteiger partial charge in [0.2, 0.25) is 0 Å². The third kappa shape index (κ3) is 4.81. The number of anilines is 1. The fraction of sp³-hybridized carbons (Fsp3) is 0.182. The molecule has 0 saturated heterocycles. The number of nitrogens with zero attached hydrogens (tertiary/aromatic N) is 1. The summed E-state index contributed by atoms with van der Waals surface area (Å²) in [5, 5.41) is 21.1. The number of nitrogens with one attached hydrogen (secondary N) is 3. The van der Waals surface area contributed by atoms with E-state index in [0.717, 1.165) is 18.6 Å². The van der Waals surface area contributed by atoms with Gasteiger partial charge in [-0.1, -0.05) is 11.6 Å². The highest BCUT2D eigenvalue weighted by atomic mass is 35.5. The summed E-state index contributed by atoms with van der Waals surface area (Å²) >= 11 is 5.66. The van der Waals surface area contributed by atoms with Crippen LogP contribution in [0.3, 0.4) is 0 Å². The van der Waals surface area contributed by atoms with E-state index in [0.29, 0.717) is 0 Å². The first-order valence-electron chi connectivity index (χ1n) is 5.32. The molecule has 0 radical (unpaired) electrons. The minimum atomic E-state index is -2.54. The normalized spacial score (nSPS) is 11.3. The van der Waals surface area contributed by atoms with Crippen molar-refractivity contribution in [2.24, 2.45) is 0 Å². The first-order valence-corrected chi connectivity index (χ1v) is 5.70. The zero-order valence-electron chi connectivity index (χ0n) is 10.0. The lowest BCUT2D eigenvalue weighted by Crippen LogP contribution is -2.18. The average molecular weight is 305 g/mol. The number of halogens is 3. The smallest absolute Gasteiger partial charge is 0.339 e. The topological polar surface area (TPSA) is 98.1 Å². The Labute approximate surface area is 118 Å². The molecule has 4 N–H and O–H groups in total. The van der Waals surface area contributed by atoms with E-state index < -0.39 is 18.9 Å². The van der Waals surface area contributed by atoms with Crippen LogP contribution in [0.2, 0.25) is 5.15 Å². The number of alkyl halides is 2. The van der Waals surface area contributed by atoms with Crippen molar-refractivity contribution in [1.29, 1.82) is 5.41 Å². The minimum Gasteiger partial charge on any atom is -0.478 e. The van der Waals surface area contributed by atoms with Crippen molar-refractivity contribution in [3.8, 4) is 0 Å². The molecule has 0 bridgehead atoms. The molecule has 0 saturated carbocycles. The molecule has 20 heavy (non-hydrogen) atoms. The summed E-state index contributed by atoms with van der Waals surface area (Å²) in [6.07, 6.45) is 0.502. The van der Waals surface area contributed by atoms with E-state index in [4.69, 9.17) is 22.1 Å². The number of carbonyl (C=O) groups is 1. The highest BCUT2D eigenvalue weighted by Gasteiger charge is 2.12. The second-order valence-electron chi connectivity index (χ2n) is 3.53. The van der Waals surface area contributed by atoms with Crippen LogP contribution in [0.4, 0.5) is 14.5 Å². The Balaban J connectivity index is 2.91. The molecule has 0 amide bonds. The molecule has 1 aromatic heterocycles. The number of carboxylic acids is 1. The SMILES string of the molecule is N=C/C(=C\NCC(F)F)Nc1cc(Cl)ncc1C(=O)O. The van der Waals surface area contributed by atoms with Crippen molar-refractivity contribution in [3.63, 3.8) is 0 Å². The summed E-state index contributed by atoms with van der Waals surface area (Å²) in [6, 6.07) is 1.26. The highest BCUT2D eigenvalue weighted by Crippen LogP contribution is 2.19. The monoisotopic (exact) mass is 304 g/mol. The van der Waals surface area contributed by atoms with Gasteiger partial charge in [0.05, 0.1) is 17.9 Å². The fourth-order valence-electron chi connectivity index (χ4n) is 1.23. The number of hydrogen-bond acceptors (Lipinski definition) is 5. The van der Waals surface area contributed by atoms with Crippen LogP contribution in [0.15, 0.2) is 24.2 Å². The van der Waals surface area contributed by atoms with E-state index in [1.54, 1.807) is 0 Å². The van der Waals surface area contributed by atoms with Crippen LogP contribution < -0.4 is 10.6 Å². The molecule has 0 aliphatic rings. The van der Waals surface area contributed by atoms with Crippen molar-refractivity contribution >= 4 is 29.5 Å². The molecule has 0 aliphatic carbocycles. The quantitative estimate of drug-likeness (QED) is 0.457. The zero-order chi connectivity index (χ0) is 15.1. The Hall–Kier alpha value is -2.22. The largest absolute Gasteiger partial charge is 0.478 e. The van der Waals surface area contributed by atoms with E-state index in [1.165, 1.54) is 6.07 Å². The van der Waals surface area contributed by atoms with Gasteiger partial charge in [0.1, 0.15) is 10.7 Å². The Kier molecular flexibility index (Phi) is 5.85. The number of allylic oxidation sites excluding steroid dienone is 1. The number of aromatic carboxylic acids is 1. The second-order valence-corrected chi connectivity index (χ2v) is 3.91. The number of rotatable bonds is 7. The highest BCUT2D eigenvalue weighted by molar-refractivity contribution is 6.29. The third-order valence-electron chi connectivity index (χ3n) is 2.07. The summed E-state index contributed by atoms with van der Waals surface area (Å²) in [6.45, 7) is -0.581. The van der Waals surface area contributed by atoms with E-state index in [-0.39, 0.29) is 22.1 Å². The summed E-state index contributed by atoms with van der Waals surface area (Å²) in [5.41, 5.74) is 0.0394. The van der Waals surface area contributed by atoms with Gasteiger partial charge < -0.3 is 21.1 Å². The maximum atomic E-state index is 12.0. The van der Waals surface area contributed by atoms with Crippen LogP contribution in [0, 0.1) is 5.41 Å². The minimum absolute atomic E-state index is 0.0578. The van der Waals surface area contributed by atoms with Gasteiger partial charge in [-0.15, -0.1) is 0 Å². The van der Waals surface area contributed by atoms with Crippen molar-refractivity contribution in [2.45, 2.75) is 6.43 Å². The average Bonchev–Trinajstić information content (AvgIpc) is 2.36. The Morgan fingerprint density at radius 2 is 2.30 bits per heavy atom. The summed E-state index contributed by atoms with van der Waals surface area (Å²) in [7, 11) is 0. The molecule has 6 nitrogen and oxygen atoms in total. The fourth-order valence-corrected chi connectivity index (χ4v) is 1.39. The Bertz CT molecular complexity index is 537. The van der Waals surface area contributed by atoms with Gasteiger partial charge in [-0.3, -0.25) is 0 Å². The van der Waals surface area contributed by atoms with E-state index in [2.05, 4.69) is 15.6 Å². The standard InChI is InChI=1S/C11H11ClF2N4O2/c12-9-1-8(7(4-17-9)11(19)20)18-6(2-15)3-16-5-10(13)14/h1-4,10,15-16H,5H2,(H,17,18)(H,19,20)/b6-3+,15-2?. The van der Waals surface area contributed by atoms with Gasteiger partial charge in [-0.25, -0.2) is 18.6 Å². The molecule has 0 aliphatic heterocycles. The summed E-state index contributed by atoms with van der Waals surface area (Å²) in [4.78, 5) is 14.6. The van der Waals surface area contributed by atoms with Crippen molar-refractivity contribution in [1.82, 2.24) is 10.3 Å². The van der Waals surface area contributed by atoms with Gasteiger partial charge in [-0.05, 0) is 6.07 Å². The molecule has 0 aromatic carbocycles. The summed E-state index contributed by atoms with van der Waals surface area (Å²) < 4.78 is 23.9. The molecule has 0 unspecified atom stereocenters. The molecule has 108 valence electrons. The van der Waals surface area contributed by atoms with Crippen molar-refractivity contribution < 1.29 is 18.7 Å². The predicted octanol–water partition coefficient (Wildman–Crippen LogP) is 2.19. The second kappa shape index (κ2) is 7.39. The predicted molar refractivity (Wildman–Crippen MR) is 70.7 cm³/mol. The molecule has 9 heteroatoms. The van der Waals surface area contributed by atoms with Crippen LogP contribution >= 0.6 is 11.6 Å². The van der Waals surface area contributed by atoms with Crippen molar-refractivity contribution in [3.05, 3.63) is 34.9 Å². The zero-order valence-corrected chi connectivity index (χ0v) is 10.8. The van der Waals surface area contributed by atoms with Crippen LogP contribution in [-0.2, 0) is 0 Å². The third-order valence-corrected chi connectivity index (χ3v) is 2.27. The number of aromatic nitrogens is 1. The molecule has 1 aromatic rings. The van der Waals surface area contributed by atoms with Gasteiger partial charge in [0.25, 0.3) is 6.43 Å². The lowest BCUT2D eigenvalue weighted by molar-refractivity contribution is 0.0697. The molecule has 0 atom stereocenters. The van der Waals surface area contributed by atoms with Gasteiger partial charge in [-0.2, -0.15) is 0 Å². The molecule has 0 fully saturated rings. The number of pyridine rings is 1. The van der Waals surface area contributed by atoms with E-state index in [9.17, 15) is 13.6 Å². The molecule has 1 rings (SSSR count). The van der Waals surface area contributed by atoms with Crippen LogP contribution in [0.25, 0.3) is 0 Å². The Morgan fingerprint density at radius 3 is 2.85 bits per heavy atom. The number of carboxylic acid groups (broad SMARTS) is 1. The Morgan fingerprint density at radius 1 is 1.60 bits per heavy atom. The molecular weight excluding hydrogens is 294 g/mol. The molecular formula is C11H11ClF2N4O2. The van der Waals surface area contributed by atoms with Gasteiger partial charge in [0.15, 0.2) is 0 Å². The first kappa shape index (κ1) is 15.8. The van der Waals surface area contributed by atoms with Gasteiger partial charge in [0, 0.05) is 18.6 Å². The van der Waals surface area contributed by atoms with Crippen LogP contribution in [0.5, 0.6) is 0 Å². The maximum Gasteiger partial charge on any atom is 0.339 e. The van der Waals surface area contributed by atoms with E-state index >= 15 is 0 Å². The lowest BCUT2D eigenvalue weighted by atomic mass is 10.2. The molecule has 1 heterocycles. The van der Waals surface area contributed by atoms with Gasteiger partial charge >= 0.3 is 5.97 Å². The number of hydrogen-bond donors (Lipinski definition) is 4. The maximum absolute atomic E-state index is 12.0.